The minimum atomic E-state index is 0.0209. The van der Waals surface area contributed by atoms with E-state index in [2.05, 4.69) is 34.2 Å². The lowest BCUT2D eigenvalue weighted by molar-refractivity contribution is -0.122. The Hall–Kier alpha value is -2.24. The van der Waals surface area contributed by atoms with Crippen LogP contribution in [0.4, 0.5) is 0 Å². The topological polar surface area (TPSA) is 72.7 Å². The molecule has 1 N–H and O–H groups in total. The third-order valence-electron chi connectivity index (χ3n) is 3.39. The summed E-state index contributed by atoms with van der Waals surface area (Å²) in [7, 11) is 0. The van der Waals surface area contributed by atoms with E-state index in [1.54, 1.807) is 17.2 Å². The van der Waals surface area contributed by atoms with Crippen LogP contribution in [0.15, 0.2) is 37.2 Å². The molecule has 6 nitrogen and oxygen atoms in total. The Kier molecular flexibility index (Phi) is 6.06. The molecule has 0 saturated heterocycles. The molecule has 0 aliphatic rings. The molecule has 0 aliphatic carbocycles. The van der Waals surface area contributed by atoms with Gasteiger partial charge in [-0.1, -0.05) is 19.9 Å². The Morgan fingerprint density at radius 3 is 2.86 bits per heavy atom. The number of amides is 1. The molecule has 0 unspecified atom stereocenters. The average Bonchev–Trinajstić information content (AvgIpc) is 3.00. The number of aryl methyl sites for hydroxylation is 1. The lowest BCUT2D eigenvalue weighted by atomic mass is 9.98. The molecule has 118 valence electrons. The van der Waals surface area contributed by atoms with Crippen LogP contribution in [-0.2, 0) is 11.3 Å². The summed E-state index contributed by atoms with van der Waals surface area (Å²) in [6.45, 7) is 5.01. The Morgan fingerprint density at radius 2 is 2.23 bits per heavy atom. The van der Waals surface area contributed by atoms with Gasteiger partial charge in [0.05, 0.1) is 6.04 Å². The quantitative estimate of drug-likeness (QED) is 0.812. The fraction of sp³-hybridized carbons (Fsp3) is 0.500. The third kappa shape index (κ3) is 5.27. The van der Waals surface area contributed by atoms with Gasteiger partial charge in [0, 0.05) is 25.4 Å². The molecule has 0 fully saturated rings. The van der Waals surface area contributed by atoms with Crippen molar-refractivity contribution in [3.63, 3.8) is 0 Å². The normalized spacial score (nSPS) is 12.3. The SMILES string of the molecule is CC(C)C[C@H](NC(=O)CCCn1cncn1)c1cccnc1. The van der Waals surface area contributed by atoms with Gasteiger partial charge in [0.25, 0.3) is 0 Å². The van der Waals surface area contributed by atoms with Crippen molar-refractivity contribution in [3.05, 3.63) is 42.7 Å². The maximum absolute atomic E-state index is 12.2. The highest BCUT2D eigenvalue weighted by Gasteiger charge is 2.16. The van der Waals surface area contributed by atoms with E-state index in [1.807, 2.05) is 18.3 Å². The van der Waals surface area contributed by atoms with Crippen LogP contribution in [-0.4, -0.2) is 25.7 Å². The Labute approximate surface area is 131 Å². The number of nitrogens with zero attached hydrogens (tertiary/aromatic N) is 4. The second-order valence-corrected chi connectivity index (χ2v) is 5.80. The Morgan fingerprint density at radius 1 is 1.36 bits per heavy atom. The number of hydrogen-bond acceptors (Lipinski definition) is 4. The van der Waals surface area contributed by atoms with E-state index in [1.165, 1.54) is 6.33 Å². The zero-order valence-electron chi connectivity index (χ0n) is 13.1. The number of rotatable bonds is 8. The molecular weight excluding hydrogens is 278 g/mol. The highest BCUT2D eigenvalue weighted by Crippen LogP contribution is 2.20. The van der Waals surface area contributed by atoms with Crippen molar-refractivity contribution in [2.24, 2.45) is 5.92 Å². The van der Waals surface area contributed by atoms with Crippen LogP contribution in [0.3, 0.4) is 0 Å². The van der Waals surface area contributed by atoms with Crippen molar-refractivity contribution in [2.45, 2.75) is 45.7 Å². The molecule has 2 rings (SSSR count). The summed E-state index contributed by atoms with van der Waals surface area (Å²) in [6.07, 6.45) is 8.86. The number of carbonyl (C=O) groups is 1. The van der Waals surface area contributed by atoms with Gasteiger partial charge in [-0.2, -0.15) is 5.10 Å². The van der Waals surface area contributed by atoms with E-state index in [-0.39, 0.29) is 11.9 Å². The summed E-state index contributed by atoms with van der Waals surface area (Å²) in [5.74, 6) is 0.565. The number of aromatic nitrogens is 4. The van der Waals surface area contributed by atoms with Gasteiger partial charge in [0.2, 0.25) is 5.91 Å². The average molecular weight is 301 g/mol. The van der Waals surface area contributed by atoms with Gasteiger partial charge < -0.3 is 5.32 Å². The maximum atomic E-state index is 12.2. The Bertz CT molecular complexity index is 553. The van der Waals surface area contributed by atoms with Crippen molar-refractivity contribution in [1.29, 1.82) is 0 Å². The predicted molar refractivity (Wildman–Crippen MR) is 83.8 cm³/mol. The standard InChI is InChI=1S/C16H23N5O/c1-13(2)9-15(14-5-3-7-17-10-14)20-16(22)6-4-8-21-12-18-11-19-21/h3,5,7,10-13,15H,4,6,8-9H2,1-2H3,(H,20,22)/t15-/m0/s1. The molecule has 2 aromatic rings. The molecule has 2 aromatic heterocycles. The van der Waals surface area contributed by atoms with E-state index < -0.39 is 0 Å². The first kappa shape index (κ1) is 16.1. The third-order valence-corrected chi connectivity index (χ3v) is 3.39. The molecule has 22 heavy (non-hydrogen) atoms. The van der Waals surface area contributed by atoms with Gasteiger partial charge in [0.15, 0.2) is 0 Å². The molecule has 1 atom stereocenters. The van der Waals surface area contributed by atoms with Gasteiger partial charge in [-0.3, -0.25) is 14.5 Å². The molecule has 0 radical (unpaired) electrons. The largest absolute Gasteiger partial charge is 0.349 e. The summed E-state index contributed by atoms with van der Waals surface area (Å²) in [4.78, 5) is 20.2. The van der Waals surface area contributed by atoms with E-state index in [0.717, 1.165) is 18.4 Å². The van der Waals surface area contributed by atoms with Crippen LogP contribution in [0.2, 0.25) is 0 Å². The summed E-state index contributed by atoms with van der Waals surface area (Å²) in [5.41, 5.74) is 1.06. The van der Waals surface area contributed by atoms with E-state index >= 15 is 0 Å². The highest BCUT2D eigenvalue weighted by molar-refractivity contribution is 5.76. The maximum Gasteiger partial charge on any atom is 0.220 e. The van der Waals surface area contributed by atoms with Crippen molar-refractivity contribution in [1.82, 2.24) is 25.1 Å². The number of nitrogens with one attached hydrogen (secondary N) is 1. The summed E-state index contributed by atoms with van der Waals surface area (Å²) >= 11 is 0. The second kappa shape index (κ2) is 8.26. The first-order valence-electron chi connectivity index (χ1n) is 7.67. The molecule has 0 spiro atoms. The van der Waals surface area contributed by atoms with Gasteiger partial charge in [0.1, 0.15) is 12.7 Å². The highest BCUT2D eigenvalue weighted by atomic mass is 16.1. The van der Waals surface area contributed by atoms with Crippen molar-refractivity contribution < 1.29 is 4.79 Å². The van der Waals surface area contributed by atoms with E-state index in [4.69, 9.17) is 0 Å². The van der Waals surface area contributed by atoms with Crippen LogP contribution >= 0.6 is 0 Å². The minimum absolute atomic E-state index is 0.0209. The van der Waals surface area contributed by atoms with Crippen molar-refractivity contribution in [3.8, 4) is 0 Å². The van der Waals surface area contributed by atoms with Gasteiger partial charge in [-0.15, -0.1) is 0 Å². The molecule has 1 amide bonds. The second-order valence-electron chi connectivity index (χ2n) is 5.80. The van der Waals surface area contributed by atoms with Crippen LogP contribution in [0.25, 0.3) is 0 Å². The van der Waals surface area contributed by atoms with Gasteiger partial charge in [-0.25, -0.2) is 4.98 Å². The molecular formula is C16H23N5O. The molecule has 0 saturated carbocycles. The van der Waals surface area contributed by atoms with E-state index in [0.29, 0.717) is 18.9 Å². The molecule has 0 aromatic carbocycles. The monoisotopic (exact) mass is 301 g/mol. The van der Waals surface area contributed by atoms with Crippen LogP contribution < -0.4 is 5.32 Å². The van der Waals surface area contributed by atoms with Gasteiger partial charge in [-0.05, 0) is 30.4 Å². The Balaban J connectivity index is 1.85. The minimum Gasteiger partial charge on any atom is -0.349 e. The molecule has 0 aliphatic heterocycles. The fourth-order valence-electron chi connectivity index (χ4n) is 2.35. The van der Waals surface area contributed by atoms with Crippen molar-refractivity contribution in [2.75, 3.05) is 0 Å². The number of carbonyl (C=O) groups excluding carboxylic acids is 1. The zero-order valence-corrected chi connectivity index (χ0v) is 13.1. The molecule has 2 heterocycles. The van der Waals surface area contributed by atoms with E-state index in [9.17, 15) is 4.79 Å². The van der Waals surface area contributed by atoms with Gasteiger partial charge >= 0.3 is 0 Å². The predicted octanol–water partition coefficient (Wildman–Crippen LogP) is 2.36. The molecule has 6 heteroatoms. The van der Waals surface area contributed by atoms with Crippen LogP contribution in [0, 0.1) is 5.92 Å². The molecule has 0 bridgehead atoms. The zero-order chi connectivity index (χ0) is 15.8. The summed E-state index contributed by atoms with van der Waals surface area (Å²) in [6, 6.07) is 3.93. The number of pyridine rings is 1. The van der Waals surface area contributed by atoms with Crippen molar-refractivity contribution >= 4 is 5.91 Å². The smallest absolute Gasteiger partial charge is 0.220 e. The summed E-state index contributed by atoms with van der Waals surface area (Å²) in [5, 5.41) is 7.15. The number of hydrogen-bond donors (Lipinski definition) is 1. The van der Waals surface area contributed by atoms with Crippen LogP contribution in [0.1, 0.15) is 44.7 Å². The lowest BCUT2D eigenvalue weighted by Gasteiger charge is -2.20. The lowest BCUT2D eigenvalue weighted by Crippen LogP contribution is -2.29. The fourth-order valence-corrected chi connectivity index (χ4v) is 2.35. The van der Waals surface area contributed by atoms with Crippen LogP contribution in [0.5, 0.6) is 0 Å². The first-order valence-corrected chi connectivity index (χ1v) is 7.67. The summed E-state index contributed by atoms with van der Waals surface area (Å²) < 4.78 is 1.74. The first-order chi connectivity index (χ1) is 10.6.